The summed E-state index contributed by atoms with van der Waals surface area (Å²) in [4.78, 5) is 0. The smallest absolute Gasteiger partial charge is 0.0372 e. The summed E-state index contributed by atoms with van der Waals surface area (Å²) < 4.78 is 0. The van der Waals surface area contributed by atoms with Crippen LogP contribution in [0.2, 0.25) is 0 Å². The monoisotopic (exact) mass is 268 g/mol. The van der Waals surface area contributed by atoms with Crippen molar-refractivity contribution in [2.45, 2.75) is 44.7 Å². The van der Waals surface area contributed by atoms with E-state index in [0.717, 1.165) is 42.8 Å². The van der Waals surface area contributed by atoms with Crippen LogP contribution < -0.4 is 10.6 Å². The van der Waals surface area contributed by atoms with Gasteiger partial charge in [0.1, 0.15) is 0 Å². The van der Waals surface area contributed by atoms with Gasteiger partial charge in [-0.15, -0.1) is 0 Å². The van der Waals surface area contributed by atoms with E-state index >= 15 is 0 Å². The Balaban J connectivity index is 1.25. The third-order valence-corrected chi connectivity index (χ3v) is 6.39. The highest BCUT2D eigenvalue weighted by Crippen LogP contribution is 2.65. The fourth-order valence-electron chi connectivity index (χ4n) is 5.47. The lowest BCUT2D eigenvalue weighted by atomic mass is 10.0. The molecule has 1 aromatic carbocycles. The van der Waals surface area contributed by atoms with E-state index in [9.17, 15) is 0 Å². The fraction of sp³-hybridized carbons (Fsp3) is 0.667. The molecule has 1 aliphatic heterocycles. The summed E-state index contributed by atoms with van der Waals surface area (Å²) >= 11 is 0. The number of hydrogen-bond acceptors (Lipinski definition) is 2. The first-order valence-electron chi connectivity index (χ1n) is 8.49. The Bertz CT molecular complexity index is 522. The van der Waals surface area contributed by atoms with Crippen molar-refractivity contribution >= 4 is 5.69 Å². The van der Waals surface area contributed by atoms with Crippen LogP contribution in [0.4, 0.5) is 5.69 Å². The zero-order valence-electron chi connectivity index (χ0n) is 12.1. The zero-order chi connectivity index (χ0) is 13.1. The molecule has 20 heavy (non-hydrogen) atoms. The van der Waals surface area contributed by atoms with E-state index in [4.69, 9.17) is 0 Å². The number of nitrogens with one attached hydrogen (secondary N) is 2. The van der Waals surface area contributed by atoms with Gasteiger partial charge in [0.2, 0.25) is 0 Å². The first-order chi connectivity index (χ1) is 9.90. The van der Waals surface area contributed by atoms with Gasteiger partial charge >= 0.3 is 0 Å². The van der Waals surface area contributed by atoms with Crippen LogP contribution in [0.1, 0.15) is 36.8 Å². The molecule has 106 valence electrons. The van der Waals surface area contributed by atoms with Gasteiger partial charge in [-0.2, -0.15) is 0 Å². The molecule has 4 unspecified atom stereocenters. The van der Waals surface area contributed by atoms with Gasteiger partial charge in [-0.05, 0) is 73.0 Å². The highest BCUT2D eigenvalue weighted by Gasteiger charge is 2.64. The van der Waals surface area contributed by atoms with Crippen molar-refractivity contribution in [1.29, 1.82) is 0 Å². The first-order valence-corrected chi connectivity index (χ1v) is 8.49. The number of aryl methyl sites for hydroxylation is 1. The molecule has 0 radical (unpaired) electrons. The van der Waals surface area contributed by atoms with Crippen LogP contribution >= 0.6 is 0 Å². The van der Waals surface area contributed by atoms with E-state index in [1.165, 1.54) is 42.5 Å². The largest absolute Gasteiger partial charge is 0.385 e. The normalized spacial score (nSPS) is 40.1. The third-order valence-electron chi connectivity index (χ3n) is 6.39. The summed E-state index contributed by atoms with van der Waals surface area (Å²) in [5, 5.41) is 7.36. The molecule has 3 fully saturated rings. The predicted octanol–water partition coefficient (Wildman–Crippen LogP) is 3.18. The van der Waals surface area contributed by atoms with Crippen LogP contribution in [0, 0.1) is 23.7 Å². The van der Waals surface area contributed by atoms with Crippen LogP contribution in [-0.4, -0.2) is 12.6 Å². The van der Waals surface area contributed by atoms with Crippen molar-refractivity contribution in [3.8, 4) is 0 Å². The maximum Gasteiger partial charge on any atom is 0.0372 e. The molecule has 2 bridgehead atoms. The standard InChI is InChI=1S/C18H24N2/c1-2-12-8-11(3-6-15(12)19-7-1)10-20-18-16-13-4-5-14(9-13)17(16)18/h3,6,8,13-14,16-20H,1-2,4-5,7,9-10H2. The minimum Gasteiger partial charge on any atom is -0.385 e. The summed E-state index contributed by atoms with van der Waals surface area (Å²) in [5.74, 6) is 4.26. The number of rotatable bonds is 3. The number of fused-ring (bicyclic) bond motifs is 6. The Morgan fingerprint density at radius 2 is 2.00 bits per heavy atom. The van der Waals surface area contributed by atoms with Crippen LogP contribution in [0.25, 0.3) is 0 Å². The average Bonchev–Trinajstić information content (AvgIpc) is 2.88. The number of hydrogen-bond donors (Lipinski definition) is 2. The molecule has 2 nitrogen and oxygen atoms in total. The SMILES string of the molecule is c1cc2c(cc1CNC1C3C4CCC(C4)C13)CCCN2. The van der Waals surface area contributed by atoms with Crippen LogP contribution in [0.5, 0.6) is 0 Å². The molecule has 4 aliphatic rings. The highest BCUT2D eigenvalue weighted by molar-refractivity contribution is 5.54. The second kappa shape index (κ2) is 4.24. The molecule has 0 amide bonds. The minimum absolute atomic E-state index is 0.857. The van der Waals surface area contributed by atoms with E-state index in [1.807, 2.05) is 0 Å². The molecule has 0 spiro atoms. The van der Waals surface area contributed by atoms with Gasteiger partial charge in [-0.3, -0.25) is 0 Å². The van der Waals surface area contributed by atoms with Gasteiger partial charge in [0.25, 0.3) is 0 Å². The summed E-state index contributed by atoms with van der Waals surface area (Å²) in [6, 6.07) is 7.86. The predicted molar refractivity (Wildman–Crippen MR) is 81.7 cm³/mol. The molecule has 0 saturated heterocycles. The Kier molecular flexibility index (Phi) is 2.46. The van der Waals surface area contributed by atoms with Gasteiger partial charge in [0, 0.05) is 24.8 Å². The topological polar surface area (TPSA) is 24.1 Å². The van der Waals surface area contributed by atoms with Gasteiger partial charge in [-0.25, -0.2) is 0 Å². The molecule has 0 aromatic heterocycles. The number of benzene rings is 1. The zero-order valence-corrected chi connectivity index (χ0v) is 12.1. The Morgan fingerprint density at radius 1 is 1.15 bits per heavy atom. The van der Waals surface area contributed by atoms with Crippen LogP contribution in [0.3, 0.4) is 0 Å². The summed E-state index contributed by atoms with van der Waals surface area (Å²) in [5.41, 5.74) is 4.36. The average molecular weight is 268 g/mol. The van der Waals surface area contributed by atoms with Crippen molar-refractivity contribution < 1.29 is 0 Å². The van der Waals surface area contributed by atoms with E-state index in [0.29, 0.717) is 0 Å². The summed E-state index contributed by atoms with van der Waals surface area (Å²) in [6.07, 6.45) is 7.12. The first kappa shape index (κ1) is 11.6. The third kappa shape index (κ3) is 1.67. The molecule has 2 N–H and O–H groups in total. The maximum absolute atomic E-state index is 3.86. The summed E-state index contributed by atoms with van der Waals surface area (Å²) in [7, 11) is 0. The Labute approximate surface area is 121 Å². The molecular weight excluding hydrogens is 244 g/mol. The molecule has 3 aliphatic carbocycles. The molecule has 4 atom stereocenters. The minimum atomic E-state index is 0.857. The molecule has 1 aromatic rings. The molecular formula is C18H24N2. The second-order valence-electron chi connectivity index (χ2n) is 7.42. The van der Waals surface area contributed by atoms with E-state index < -0.39 is 0 Å². The molecule has 2 heteroatoms. The molecule has 1 heterocycles. The van der Waals surface area contributed by atoms with Gasteiger partial charge in [0.15, 0.2) is 0 Å². The second-order valence-corrected chi connectivity index (χ2v) is 7.42. The quantitative estimate of drug-likeness (QED) is 0.880. The van der Waals surface area contributed by atoms with Crippen molar-refractivity contribution in [3.63, 3.8) is 0 Å². The Morgan fingerprint density at radius 3 is 2.85 bits per heavy atom. The fourth-order valence-corrected chi connectivity index (χ4v) is 5.47. The van der Waals surface area contributed by atoms with Crippen molar-refractivity contribution in [2.24, 2.45) is 23.7 Å². The maximum atomic E-state index is 3.86. The number of anilines is 1. The van der Waals surface area contributed by atoms with E-state index in [1.54, 1.807) is 6.42 Å². The van der Waals surface area contributed by atoms with Crippen molar-refractivity contribution in [3.05, 3.63) is 29.3 Å². The van der Waals surface area contributed by atoms with Crippen LogP contribution in [0.15, 0.2) is 18.2 Å². The van der Waals surface area contributed by atoms with Gasteiger partial charge in [-0.1, -0.05) is 12.1 Å². The lowest BCUT2D eigenvalue weighted by Gasteiger charge is -2.19. The van der Waals surface area contributed by atoms with E-state index in [2.05, 4.69) is 28.8 Å². The van der Waals surface area contributed by atoms with Gasteiger partial charge in [0.05, 0.1) is 0 Å². The molecule has 3 saturated carbocycles. The van der Waals surface area contributed by atoms with Crippen LogP contribution in [-0.2, 0) is 13.0 Å². The highest BCUT2D eigenvalue weighted by atomic mass is 15.0. The van der Waals surface area contributed by atoms with Crippen molar-refractivity contribution in [2.75, 3.05) is 11.9 Å². The summed E-state index contributed by atoms with van der Waals surface area (Å²) in [6.45, 7) is 2.21. The van der Waals surface area contributed by atoms with E-state index in [-0.39, 0.29) is 0 Å². The lowest BCUT2D eigenvalue weighted by molar-refractivity contribution is 0.456. The molecule has 5 rings (SSSR count). The Hall–Kier alpha value is -1.02. The van der Waals surface area contributed by atoms with Gasteiger partial charge < -0.3 is 10.6 Å². The lowest BCUT2D eigenvalue weighted by Crippen LogP contribution is -2.22. The van der Waals surface area contributed by atoms with Crippen molar-refractivity contribution in [1.82, 2.24) is 5.32 Å².